The van der Waals surface area contributed by atoms with Gasteiger partial charge >= 0.3 is 5.97 Å². The van der Waals surface area contributed by atoms with E-state index >= 15 is 0 Å². The summed E-state index contributed by atoms with van der Waals surface area (Å²) in [5.74, 6) is 4.22. The van der Waals surface area contributed by atoms with Gasteiger partial charge in [0.05, 0.1) is 0 Å². The van der Waals surface area contributed by atoms with Crippen molar-refractivity contribution in [3.63, 3.8) is 0 Å². The number of rotatable bonds is 15. The van der Waals surface area contributed by atoms with Crippen LogP contribution in [-0.2, 0) is 11.3 Å². The molecule has 3 N–H and O–H groups in total. The van der Waals surface area contributed by atoms with Gasteiger partial charge in [0, 0.05) is 0 Å². The van der Waals surface area contributed by atoms with Crippen LogP contribution in [0.3, 0.4) is 0 Å². The van der Waals surface area contributed by atoms with E-state index in [1.807, 2.05) is 6.07 Å². The number of benzene rings is 1. The zero-order chi connectivity index (χ0) is 19.0. The standard InChI is InChI=1S/C22H37NO3/c1-2-3-4-5-6-7-8-9-10-11-12-13-14-16-19-17-15-18-20(24)21(19)22(25)26-23/h15,17-18,24H,2-14,16,23H2,1H3. The van der Waals surface area contributed by atoms with E-state index in [0.717, 1.165) is 24.8 Å². The van der Waals surface area contributed by atoms with Crippen molar-refractivity contribution in [2.24, 2.45) is 5.90 Å². The van der Waals surface area contributed by atoms with E-state index in [1.54, 1.807) is 6.07 Å². The third-order valence-electron chi connectivity index (χ3n) is 4.99. The normalized spacial score (nSPS) is 10.8. The molecule has 0 saturated heterocycles. The van der Waals surface area contributed by atoms with E-state index in [0.29, 0.717) is 0 Å². The van der Waals surface area contributed by atoms with Crippen molar-refractivity contribution in [2.45, 2.75) is 96.8 Å². The third-order valence-corrected chi connectivity index (χ3v) is 4.99. The van der Waals surface area contributed by atoms with Gasteiger partial charge in [-0.2, -0.15) is 5.90 Å². The topological polar surface area (TPSA) is 72.5 Å². The molecule has 1 aromatic carbocycles. The van der Waals surface area contributed by atoms with Crippen LogP contribution in [0, 0.1) is 0 Å². The van der Waals surface area contributed by atoms with Gasteiger partial charge in [0.1, 0.15) is 11.3 Å². The molecule has 0 aromatic heterocycles. The highest BCUT2D eigenvalue weighted by molar-refractivity contribution is 5.93. The smallest absolute Gasteiger partial charge is 0.360 e. The maximum Gasteiger partial charge on any atom is 0.360 e. The number of carbonyl (C=O) groups excluding carboxylic acids is 1. The maximum atomic E-state index is 11.7. The molecule has 4 nitrogen and oxygen atoms in total. The summed E-state index contributed by atoms with van der Waals surface area (Å²) in [6.07, 6.45) is 17.8. The highest BCUT2D eigenvalue weighted by Gasteiger charge is 2.16. The van der Waals surface area contributed by atoms with Crippen molar-refractivity contribution in [1.82, 2.24) is 0 Å². The average Bonchev–Trinajstić information content (AvgIpc) is 2.65. The van der Waals surface area contributed by atoms with Gasteiger partial charge in [-0.05, 0) is 24.5 Å². The van der Waals surface area contributed by atoms with E-state index in [1.165, 1.54) is 76.7 Å². The summed E-state index contributed by atoms with van der Waals surface area (Å²) in [6.45, 7) is 2.26. The molecule has 0 atom stereocenters. The molecule has 0 aliphatic carbocycles. The minimum absolute atomic E-state index is 0.0624. The Hall–Kier alpha value is -1.55. The highest BCUT2D eigenvalue weighted by atomic mass is 16.7. The molecule has 0 bridgehead atoms. The molecule has 0 saturated carbocycles. The van der Waals surface area contributed by atoms with E-state index < -0.39 is 5.97 Å². The predicted molar refractivity (Wildman–Crippen MR) is 107 cm³/mol. The van der Waals surface area contributed by atoms with Gasteiger partial charge < -0.3 is 9.94 Å². The van der Waals surface area contributed by atoms with Gasteiger partial charge in [0.25, 0.3) is 0 Å². The quantitative estimate of drug-likeness (QED) is 0.293. The van der Waals surface area contributed by atoms with Crippen LogP contribution in [0.5, 0.6) is 5.75 Å². The molecule has 0 aliphatic rings. The van der Waals surface area contributed by atoms with Gasteiger partial charge in [-0.3, -0.25) is 0 Å². The van der Waals surface area contributed by atoms with Crippen molar-refractivity contribution in [1.29, 1.82) is 0 Å². The fourth-order valence-electron chi connectivity index (χ4n) is 3.42. The third kappa shape index (κ3) is 9.23. The van der Waals surface area contributed by atoms with Crippen molar-refractivity contribution < 1.29 is 14.7 Å². The molecule has 1 aromatic rings. The molecule has 0 fully saturated rings. The molecule has 0 spiro atoms. The zero-order valence-electron chi connectivity index (χ0n) is 16.5. The number of phenols is 1. The molecule has 1 rings (SSSR count). The first-order valence-electron chi connectivity index (χ1n) is 10.4. The lowest BCUT2D eigenvalue weighted by Gasteiger charge is -2.09. The summed E-state index contributed by atoms with van der Waals surface area (Å²) in [6, 6.07) is 5.09. The van der Waals surface area contributed by atoms with Crippen molar-refractivity contribution in [3.05, 3.63) is 29.3 Å². The van der Waals surface area contributed by atoms with Crippen LogP contribution >= 0.6 is 0 Å². The van der Waals surface area contributed by atoms with E-state index in [9.17, 15) is 9.90 Å². The van der Waals surface area contributed by atoms with Crippen LogP contribution < -0.4 is 5.90 Å². The maximum absolute atomic E-state index is 11.7. The number of hydrogen-bond acceptors (Lipinski definition) is 4. The fourth-order valence-corrected chi connectivity index (χ4v) is 3.42. The number of carbonyl (C=O) groups is 1. The molecule has 4 heteroatoms. The molecule has 0 heterocycles. The van der Waals surface area contributed by atoms with Gasteiger partial charge in [-0.15, -0.1) is 0 Å². The van der Waals surface area contributed by atoms with Gasteiger partial charge in [0.15, 0.2) is 0 Å². The molecule has 0 amide bonds. The Morgan fingerprint density at radius 3 is 1.88 bits per heavy atom. The van der Waals surface area contributed by atoms with Crippen LogP contribution in [0.25, 0.3) is 0 Å². The van der Waals surface area contributed by atoms with Gasteiger partial charge in [0.2, 0.25) is 0 Å². The molecular weight excluding hydrogens is 326 g/mol. The monoisotopic (exact) mass is 363 g/mol. The number of phenolic OH excluding ortho intramolecular Hbond substituents is 1. The van der Waals surface area contributed by atoms with E-state index in [4.69, 9.17) is 5.90 Å². The Bertz CT molecular complexity index is 502. The second kappa shape index (κ2) is 14.6. The second-order valence-corrected chi connectivity index (χ2v) is 7.21. The van der Waals surface area contributed by atoms with Crippen LogP contribution in [0.2, 0.25) is 0 Å². The van der Waals surface area contributed by atoms with Gasteiger partial charge in [-0.25, -0.2) is 4.79 Å². The SMILES string of the molecule is CCCCCCCCCCCCCCCc1cccc(O)c1C(=O)ON. The fraction of sp³-hybridized carbons (Fsp3) is 0.682. The largest absolute Gasteiger partial charge is 0.507 e. The lowest BCUT2D eigenvalue weighted by molar-refractivity contribution is 0.0498. The first kappa shape index (κ1) is 22.5. The molecule has 0 unspecified atom stereocenters. The lowest BCUT2D eigenvalue weighted by Crippen LogP contribution is -2.12. The van der Waals surface area contributed by atoms with Crippen LogP contribution in [-0.4, -0.2) is 11.1 Å². The number of nitrogens with two attached hydrogens (primary N) is 1. The van der Waals surface area contributed by atoms with Crippen LogP contribution in [0.4, 0.5) is 0 Å². The number of aryl methyl sites for hydroxylation is 1. The highest BCUT2D eigenvalue weighted by Crippen LogP contribution is 2.23. The first-order valence-corrected chi connectivity index (χ1v) is 10.4. The second-order valence-electron chi connectivity index (χ2n) is 7.21. The van der Waals surface area contributed by atoms with Crippen LogP contribution in [0.15, 0.2) is 18.2 Å². The molecule has 0 radical (unpaired) electrons. The summed E-state index contributed by atoms with van der Waals surface area (Å²) < 4.78 is 0. The van der Waals surface area contributed by atoms with E-state index in [2.05, 4.69) is 11.8 Å². The summed E-state index contributed by atoms with van der Waals surface area (Å²) in [7, 11) is 0. The Morgan fingerprint density at radius 2 is 1.38 bits per heavy atom. The Labute approximate surface area is 159 Å². The average molecular weight is 364 g/mol. The lowest BCUT2D eigenvalue weighted by atomic mass is 9.99. The molecule has 26 heavy (non-hydrogen) atoms. The van der Waals surface area contributed by atoms with Crippen molar-refractivity contribution >= 4 is 5.97 Å². The van der Waals surface area contributed by atoms with Crippen molar-refractivity contribution in [2.75, 3.05) is 0 Å². The molecule has 148 valence electrons. The summed E-state index contributed by atoms with van der Waals surface area (Å²) in [4.78, 5) is 16.0. The molecular formula is C22H37NO3. The first-order chi connectivity index (χ1) is 12.7. The Morgan fingerprint density at radius 1 is 0.885 bits per heavy atom. The number of aromatic hydroxyl groups is 1. The summed E-state index contributed by atoms with van der Waals surface area (Å²) in [5, 5.41) is 9.84. The van der Waals surface area contributed by atoms with Crippen LogP contribution in [0.1, 0.15) is 106 Å². The summed E-state index contributed by atoms with van der Waals surface area (Å²) >= 11 is 0. The number of unbranched alkanes of at least 4 members (excludes halogenated alkanes) is 12. The Balaban J connectivity index is 2.06. The molecule has 0 aliphatic heterocycles. The Kier molecular flexibility index (Phi) is 12.6. The minimum Gasteiger partial charge on any atom is -0.507 e. The summed E-state index contributed by atoms with van der Waals surface area (Å²) in [5.41, 5.74) is 1.01. The van der Waals surface area contributed by atoms with E-state index in [-0.39, 0.29) is 11.3 Å². The minimum atomic E-state index is -0.673. The predicted octanol–water partition coefficient (Wildman–Crippen LogP) is 6.06. The number of hydrogen-bond donors (Lipinski definition) is 2. The van der Waals surface area contributed by atoms with Crippen molar-refractivity contribution in [3.8, 4) is 5.75 Å². The van der Waals surface area contributed by atoms with Gasteiger partial charge in [-0.1, -0.05) is 96.1 Å². The zero-order valence-corrected chi connectivity index (χ0v) is 16.5.